The van der Waals surface area contributed by atoms with Crippen LogP contribution >= 0.6 is 0 Å². The Hall–Kier alpha value is -2.15. The smallest absolute Gasteiger partial charge is 0.293 e. The van der Waals surface area contributed by atoms with E-state index in [1.165, 1.54) is 19.3 Å². The molecule has 14 heavy (non-hydrogen) atoms. The van der Waals surface area contributed by atoms with E-state index in [9.17, 15) is 9.59 Å². The zero-order valence-electron chi connectivity index (χ0n) is 7.57. The predicted molar refractivity (Wildman–Crippen MR) is 50.3 cm³/mol. The summed E-state index contributed by atoms with van der Waals surface area (Å²) in [6.45, 7) is 1.43. The third-order valence-corrected chi connectivity index (χ3v) is 1.47. The van der Waals surface area contributed by atoms with Crippen LogP contribution in [-0.2, 0) is 4.79 Å². The first kappa shape index (κ1) is 9.93. The predicted octanol–water partition coefficient (Wildman–Crippen LogP) is 0.121. The van der Waals surface area contributed by atoms with Crippen molar-refractivity contribution in [2.24, 2.45) is 5.73 Å². The first-order valence-electron chi connectivity index (χ1n) is 3.87. The van der Waals surface area contributed by atoms with E-state index < -0.39 is 5.91 Å². The van der Waals surface area contributed by atoms with Gasteiger partial charge in [-0.15, -0.1) is 0 Å². The minimum atomic E-state index is -0.710. The van der Waals surface area contributed by atoms with Gasteiger partial charge in [-0.2, -0.15) is 0 Å². The zero-order chi connectivity index (χ0) is 10.6. The number of hydrogen-bond donors (Lipinski definition) is 1. The van der Waals surface area contributed by atoms with E-state index in [4.69, 9.17) is 5.73 Å². The molecule has 0 radical (unpaired) electrons. The fourth-order valence-electron chi connectivity index (χ4n) is 0.835. The molecule has 1 aromatic rings. The molecule has 0 spiro atoms. The van der Waals surface area contributed by atoms with E-state index in [2.05, 4.69) is 16.8 Å². The highest BCUT2D eigenvalue weighted by Crippen LogP contribution is 2.01. The van der Waals surface area contributed by atoms with Gasteiger partial charge in [0.2, 0.25) is 0 Å². The van der Waals surface area contributed by atoms with Gasteiger partial charge in [0, 0.05) is 29.4 Å². The molecular formula is C10H8N2O2. The Morgan fingerprint density at radius 1 is 1.43 bits per heavy atom. The van der Waals surface area contributed by atoms with Crippen LogP contribution in [0.25, 0.3) is 0 Å². The number of carbonyl (C=O) groups excluding carboxylic acids is 2. The average Bonchev–Trinajstić information content (AvgIpc) is 2.15. The Balaban J connectivity index is 3.02. The third-order valence-electron chi connectivity index (χ3n) is 1.47. The van der Waals surface area contributed by atoms with Gasteiger partial charge in [0.05, 0.1) is 0 Å². The summed E-state index contributed by atoms with van der Waals surface area (Å²) in [5.41, 5.74) is 5.79. The molecule has 0 atom stereocenters. The van der Waals surface area contributed by atoms with Crippen molar-refractivity contribution in [2.45, 2.75) is 6.92 Å². The van der Waals surface area contributed by atoms with Crippen LogP contribution in [0.5, 0.6) is 0 Å². The van der Waals surface area contributed by atoms with Gasteiger partial charge in [-0.25, -0.2) is 0 Å². The number of primary amides is 1. The molecule has 1 heterocycles. The van der Waals surface area contributed by atoms with Gasteiger partial charge in [-0.3, -0.25) is 14.6 Å². The van der Waals surface area contributed by atoms with E-state index in [1.54, 1.807) is 6.07 Å². The molecule has 0 aromatic carbocycles. The summed E-state index contributed by atoms with van der Waals surface area (Å²) in [4.78, 5) is 25.1. The maximum Gasteiger partial charge on any atom is 0.293 e. The molecule has 4 heteroatoms. The highest BCUT2D eigenvalue weighted by Gasteiger charge is 1.99. The lowest BCUT2D eigenvalue weighted by atomic mass is 10.1. The Labute approximate surface area is 81.1 Å². The minimum absolute atomic E-state index is 0.0970. The summed E-state index contributed by atoms with van der Waals surface area (Å²) < 4.78 is 0. The van der Waals surface area contributed by atoms with Crippen molar-refractivity contribution in [3.05, 3.63) is 29.6 Å². The number of rotatable bonds is 1. The average molecular weight is 188 g/mol. The lowest BCUT2D eigenvalue weighted by Crippen LogP contribution is -2.06. The maximum atomic E-state index is 11.0. The molecule has 70 valence electrons. The fraction of sp³-hybridized carbons (Fsp3) is 0.100. The topological polar surface area (TPSA) is 73.1 Å². The SMILES string of the molecule is CC(=O)c1cncc(C#CC(N)=O)c1. The van der Waals surface area contributed by atoms with Crippen LogP contribution in [0.1, 0.15) is 22.8 Å². The molecule has 0 saturated carbocycles. The summed E-state index contributed by atoms with van der Waals surface area (Å²) in [6, 6.07) is 1.56. The molecule has 4 nitrogen and oxygen atoms in total. The van der Waals surface area contributed by atoms with Crippen LogP contribution in [0.15, 0.2) is 18.5 Å². The standard InChI is InChI=1S/C10H8N2O2/c1-7(13)9-4-8(5-12-6-9)2-3-10(11)14/h4-6H,1H3,(H2,11,14). The molecule has 2 N–H and O–H groups in total. The molecular weight excluding hydrogens is 180 g/mol. The number of nitrogens with two attached hydrogens (primary N) is 1. The van der Waals surface area contributed by atoms with Crippen molar-refractivity contribution < 1.29 is 9.59 Å². The van der Waals surface area contributed by atoms with Crippen LogP contribution in [-0.4, -0.2) is 16.7 Å². The molecule has 0 aliphatic rings. The molecule has 0 bridgehead atoms. The van der Waals surface area contributed by atoms with Crippen LogP contribution < -0.4 is 5.73 Å². The van der Waals surface area contributed by atoms with Gasteiger partial charge in [0.15, 0.2) is 5.78 Å². The highest BCUT2D eigenvalue weighted by molar-refractivity contribution is 5.94. The second-order valence-corrected chi connectivity index (χ2v) is 2.63. The van der Waals surface area contributed by atoms with Crippen molar-refractivity contribution in [1.82, 2.24) is 4.98 Å². The van der Waals surface area contributed by atoms with E-state index in [0.29, 0.717) is 11.1 Å². The Morgan fingerprint density at radius 2 is 2.14 bits per heavy atom. The molecule has 1 amide bonds. The van der Waals surface area contributed by atoms with E-state index in [0.717, 1.165) is 0 Å². The van der Waals surface area contributed by atoms with E-state index in [-0.39, 0.29) is 5.78 Å². The first-order chi connectivity index (χ1) is 6.59. The number of Topliss-reactive ketones (excluding diaryl/α,β-unsaturated/α-hetero) is 1. The second-order valence-electron chi connectivity index (χ2n) is 2.63. The molecule has 0 aliphatic carbocycles. The minimum Gasteiger partial charge on any atom is -0.359 e. The van der Waals surface area contributed by atoms with E-state index >= 15 is 0 Å². The van der Waals surface area contributed by atoms with Crippen molar-refractivity contribution in [3.8, 4) is 11.8 Å². The first-order valence-corrected chi connectivity index (χ1v) is 3.87. The lowest BCUT2D eigenvalue weighted by Gasteiger charge is -1.94. The van der Waals surface area contributed by atoms with Gasteiger partial charge < -0.3 is 5.73 Å². The number of pyridine rings is 1. The summed E-state index contributed by atoms with van der Waals surface area (Å²) in [6.07, 6.45) is 2.90. The normalized spacial score (nSPS) is 8.64. The third kappa shape index (κ3) is 2.72. The van der Waals surface area contributed by atoms with Gasteiger partial charge in [0.25, 0.3) is 5.91 Å². The van der Waals surface area contributed by atoms with Crippen LogP contribution in [0.3, 0.4) is 0 Å². The van der Waals surface area contributed by atoms with Crippen molar-refractivity contribution in [2.75, 3.05) is 0 Å². The Kier molecular flexibility index (Phi) is 2.97. The second kappa shape index (κ2) is 4.19. The van der Waals surface area contributed by atoms with Gasteiger partial charge >= 0.3 is 0 Å². The Bertz CT molecular complexity index is 441. The summed E-state index contributed by atoms with van der Waals surface area (Å²) in [5.74, 6) is 3.86. The summed E-state index contributed by atoms with van der Waals surface area (Å²) >= 11 is 0. The van der Waals surface area contributed by atoms with Gasteiger partial charge in [0.1, 0.15) is 0 Å². The summed E-state index contributed by atoms with van der Waals surface area (Å²) in [7, 11) is 0. The Morgan fingerprint density at radius 3 is 2.71 bits per heavy atom. The number of amides is 1. The monoisotopic (exact) mass is 188 g/mol. The number of carbonyl (C=O) groups is 2. The van der Waals surface area contributed by atoms with E-state index in [1.807, 2.05) is 0 Å². The van der Waals surface area contributed by atoms with Crippen LogP contribution in [0.2, 0.25) is 0 Å². The number of nitrogens with zero attached hydrogens (tertiary/aromatic N) is 1. The fourth-order valence-corrected chi connectivity index (χ4v) is 0.835. The van der Waals surface area contributed by atoms with Gasteiger partial charge in [-0.1, -0.05) is 5.92 Å². The molecule has 0 saturated heterocycles. The molecule has 0 aliphatic heterocycles. The zero-order valence-corrected chi connectivity index (χ0v) is 7.57. The quantitative estimate of drug-likeness (QED) is 0.502. The number of aromatic nitrogens is 1. The largest absolute Gasteiger partial charge is 0.359 e. The van der Waals surface area contributed by atoms with Gasteiger partial charge in [-0.05, 0) is 13.0 Å². The molecule has 1 rings (SSSR count). The van der Waals surface area contributed by atoms with Crippen molar-refractivity contribution >= 4 is 11.7 Å². The van der Waals surface area contributed by atoms with Crippen molar-refractivity contribution in [3.63, 3.8) is 0 Å². The highest BCUT2D eigenvalue weighted by atomic mass is 16.1. The molecule has 1 aromatic heterocycles. The maximum absolute atomic E-state index is 11.0. The molecule has 0 fully saturated rings. The lowest BCUT2D eigenvalue weighted by molar-refractivity contribution is -0.112. The number of hydrogen-bond acceptors (Lipinski definition) is 3. The van der Waals surface area contributed by atoms with Crippen molar-refractivity contribution in [1.29, 1.82) is 0 Å². The van der Waals surface area contributed by atoms with Crippen LogP contribution in [0, 0.1) is 11.8 Å². The number of ketones is 1. The van der Waals surface area contributed by atoms with Crippen LogP contribution in [0.4, 0.5) is 0 Å². The summed E-state index contributed by atoms with van der Waals surface area (Å²) in [5, 5.41) is 0. The molecule has 0 unspecified atom stereocenters.